The first-order chi connectivity index (χ1) is 7.04. The highest BCUT2D eigenvalue weighted by Gasteiger charge is 2.09. The van der Waals surface area contributed by atoms with E-state index in [9.17, 15) is 4.79 Å². The van der Waals surface area contributed by atoms with Crippen molar-refractivity contribution >= 4 is 33.4 Å². The van der Waals surface area contributed by atoms with Crippen LogP contribution in [0, 0.1) is 0 Å². The summed E-state index contributed by atoms with van der Waals surface area (Å²) in [4.78, 5) is 11.6. The van der Waals surface area contributed by atoms with Crippen molar-refractivity contribution in [3.05, 3.63) is 33.3 Å². The third-order valence-corrected chi connectivity index (χ3v) is 3.13. The van der Waals surface area contributed by atoms with Crippen LogP contribution in [0.15, 0.2) is 22.7 Å². The minimum absolute atomic E-state index is 0.0352. The number of carbonyl (C=O) groups is 1. The summed E-state index contributed by atoms with van der Waals surface area (Å²) in [6.45, 7) is 2.27. The predicted molar refractivity (Wildman–Crippen MR) is 65.1 cm³/mol. The van der Waals surface area contributed by atoms with E-state index in [1.807, 2.05) is 6.92 Å². The molecule has 0 radical (unpaired) electrons. The average Bonchev–Trinajstić information content (AvgIpc) is 2.21. The lowest BCUT2D eigenvalue weighted by atomic mass is 10.2. The molecule has 82 valence electrons. The van der Waals surface area contributed by atoms with Gasteiger partial charge in [-0.15, -0.1) is 0 Å². The summed E-state index contributed by atoms with van der Waals surface area (Å²) in [5.74, 6) is -0.148. The van der Waals surface area contributed by atoms with Crippen molar-refractivity contribution in [2.75, 3.05) is 6.54 Å². The fraction of sp³-hybridized carbons (Fsp3) is 0.300. The first-order valence-electron chi connectivity index (χ1n) is 4.50. The number of benzene rings is 1. The maximum Gasteiger partial charge on any atom is 0.251 e. The maximum absolute atomic E-state index is 11.6. The Balaban J connectivity index is 2.78. The maximum atomic E-state index is 11.6. The molecule has 1 aromatic carbocycles. The fourth-order valence-electron chi connectivity index (χ4n) is 1.00. The molecule has 1 amide bonds. The smallest absolute Gasteiger partial charge is 0.251 e. The molecule has 0 saturated carbocycles. The van der Waals surface area contributed by atoms with Crippen LogP contribution in [0.25, 0.3) is 0 Å². The second-order valence-corrected chi connectivity index (χ2v) is 4.50. The molecule has 0 aliphatic heterocycles. The Morgan fingerprint density at radius 2 is 2.33 bits per heavy atom. The Hall–Kier alpha value is -0.580. The lowest BCUT2D eigenvalue weighted by Gasteiger charge is -2.11. The molecule has 3 nitrogen and oxygen atoms in total. The zero-order valence-electron chi connectivity index (χ0n) is 8.26. The van der Waals surface area contributed by atoms with E-state index in [1.165, 1.54) is 0 Å². The minimum atomic E-state index is -0.148. The van der Waals surface area contributed by atoms with Crippen LogP contribution in [0.1, 0.15) is 17.3 Å². The Morgan fingerprint density at radius 3 is 2.87 bits per heavy atom. The van der Waals surface area contributed by atoms with E-state index in [4.69, 9.17) is 17.3 Å². The topological polar surface area (TPSA) is 55.1 Å². The highest BCUT2D eigenvalue weighted by molar-refractivity contribution is 9.10. The van der Waals surface area contributed by atoms with Crippen molar-refractivity contribution in [1.82, 2.24) is 5.32 Å². The third kappa shape index (κ3) is 3.48. The van der Waals surface area contributed by atoms with Crippen LogP contribution in [0.4, 0.5) is 0 Å². The molecule has 15 heavy (non-hydrogen) atoms. The van der Waals surface area contributed by atoms with Gasteiger partial charge >= 0.3 is 0 Å². The van der Waals surface area contributed by atoms with E-state index in [2.05, 4.69) is 21.2 Å². The van der Waals surface area contributed by atoms with Gasteiger partial charge in [-0.3, -0.25) is 4.79 Å². The molecule has 1 aromatic rings. The molecular weight excluding hydrogens is 279 g/mol. The largest absolute Gasteiger partial charge is 0.348 e. The molecule has 0 bridgehead atoms. The van der Waals surface area contributed by atoms with Gasteiger partial charge < -0.3 is 11.1 Å². The second-order valence-electron chi connectivity index (χ2n) is 3.24. The number of hydrogen-bond acceptors (Lipinski definition) is 2. The average molecular weight is 292 g/mol. The molecule has 5 heteroatoms. The van der Waals surface area contributed by atoms with E-state index in [-0.39, 0.29) is 11.9 Å². The van der Waals surface area contributed by atoms with E-state index in [0.717, 1.165) is 0 Å². The van der Waals surface area contributed by atoms with E-state index in [1.54, 1.807) is 18.2 Å². The molecular formula is C10H12BrClN2O. The van der Waals surface area contributed by atoms with Crippen LogP contribution in [0.5, 0.6) is 0 Å². The van der Waals surface area contributed by atoms with E-state index < -0.39 is 0 Å². The quantitative estimate of drug-likeness (QED) is 0.897. The van der Waals surface area contributed by atoms with Gasteiger partial charge in [0.15, 0.2) is 0 Å². The molecule has 0 aliphatic carbocycles. The zero-order chi connectivity index (χ0) is 11.4. The highest BCUT2D eigenvalue weighted by atomic mass is 79.9. The summed E-state index contributed by atoms with van der Waals surface area (Å²) in [5, 5.41) is 3.35. The Morgan fingerprint density at radius 1 is 1.67 bits per heavy atom. The van der Waals surface area contributed by atoms with Gasteiger partial charge in [-0.25, -0.2) is 0 Å². The number of hydrogen-bond donors (Lipinski definition) is 2. The van der Waals surface area contributed by atoms with Crippen molar-refractivity contribution in [3.63, 3.8) is 0 Å². The summed E-state index contributed by atoms with van der Waals surface area (Å²) in [7, 11) is 0. The van der Waals surface area contributed by atoms with Crippen molar-refractivity contribution in [1.29, 1.82) is 0 Å². The van der Waals surface area contributed by atoms with Crippen molar-refractivity contribution in [3.8, 4) is 0 Å². The van der Waals surface area contributed by atoms with Gasteiger partial charge in [0.25, 0.3) is 5.91 Å². The van der Waals surface area contributed by atoms with Crippen LogP contribution in [-0.4, -0.2) is 18.5 Å². The van der Waals surface area contributed by atoms with Gasteiger partial charge in [0.1, 0.15) is 0 Å². The lowest BCUT2D eigenvalue weighted by molar-refractivity contribution is 0.0941. The van der Waals surface area contributed by atoms with Gasteiger partial charge in [0.2, 0.25) is 0 Å². The monoisotopic (exact) mass is 290 g/mol. The van der Waals surface area contributed by atoms with Gasteiger partial charge in [0.05, 0.1) is 5.02 Å². The second kappa shape index (κ2) is 5.49. The number of rotatable bonds is 3. The molecule has 0 fully saturated rings. The molecule has 3 N–H and O–H groups in total. The van der Waals surface area contributed by atoms with Crippen LogP contribution >= 0.6 is 27.5 Å². The first kappa shape index (κ1) is 12.5. The minimum Gasteiger partial charge on any atom is -0.348 e. The number of nitrogens with two attached hydrogens (primary N) is 1. The van der Waals surface area contributed by atoms with Gasteiger partial charge in [-0.05, 0) is 41.1 Å². The van der Waals surface area contributed by atoms with Crippen molar-refractivity contribution in [2.45, 2.75) is 13.0 Å². The SMILES string of the molecule is C[C@H](CN)NC(=O)c1ccc(Cl)c(Br)c1. The van der Waals surface area contributed by atoms with Crippen molar-refractivity contribution in [2.24, 2.45) is 5.73 Å². The lowest BCUT2D eigenvalue weighted by Crippen LogP contribution is -2.37. The number of carbonyl (C=O) groups excluding carboxylic acids is 1. The Bertz CT molecular complexity index is 370. The summed E-state index contributed by atoms with van der Waals surface area (Å²) in [6, 6.07) is 4.99. The Kier molecular flexibility index (Phi) is 4.57. The molecule has 1 rings (SSSR count). The third-order valence-electron chi connectivity index (χ3n) is 1.91. The Labute approximate surface area is 102 Å². The number of amides is 1. The van der Waals surface area contributed by atoms with Crippen LogP contribution in [0.2, 0.25) is 5.02 Å². The molecule has 0 saturated heterocycles. The van der Waals surface area contributed by atoms with E-state index >= 15 is 0 Å². The molecule has 0 unspecified atom stereocenters. The molecule has 0 aliphatic rings. The van der Waals surface area contributed by atoms with Crippen LogP contribution < -0.4 is 11.1 Å². The first-order valence-corrected chi connectivity index (χ1v) is 5.67. The van der Waals surface area contributed by atoms with Gasteiger partial charge in [-0.1, -0.05) is 11.6 Å². The number of nitrogens with one attached hydrogen (secondary N) is 1. The normalized spacial score (nSPS) is 12.3. The van der Waals surface area contributed by atoms with Crippen molar-refractivity contribution < 1.29 is 4.79 Å². The summed E-state index contributed by atoms with van der Waals surface area (Å²) in [6.07, 6.45) is 0. The molecule has 0 aromatic heterocycles. The van der Waals surface area contributed by atoms with Crippen LogP contribution in [-0.2, 0) is 0 Å². The molecule has 0 spiro atoms. The zero-order valence-corrected chi connectivity index (χ0v) is 10.6. The summed E-state index contributed by atoms with van der Waals surface area (Å²) in [5.41, 5.74) is 5.97. The summed E-state index contributed by atoms with van der Waals surface area (Å²) >= 11 is 9.08. The standard InChI is InChI=1S/C10H12BrClN2O/c1-6(5-13)14-10(15)7-2-3-9(12)8(11)4-7/h2-4,6H,5,13H2,1H3,(H,14,15)/t6-/m1/s1. The predicted octanol–water partition coefficient (Wildman–Crippen LogP) is 2.18. The van der Waals surface area contributed by atoms with Gasteiger partial charge in [-0.2, -0.15) is 0 Å². The molecule has 1 atom stereocenters. The summed E-state index contributed by atoms with van der Waals surface area (Å²) < 4.78 is 0.706. The highest BCUT2D eigenvalue weighted by Crippen LogP contribution is 2.23. The molecule has 0 heterocycles. The fourth-order valence-corrected chi connectivity index (χ4v) is 1.50. The number of halogens is 2. The van der Waals surface area contributed by atoms with Crippen LogP contribution in [0.3, 0.4) is 0 Å². The van der Waals surface area contributed by atoms with Gasteiger partial charge in [0, 0.05) is 22.6 Å². The van der Waals surface area contributed by atoms with E-state index in [0.29, 0.717) is 21.6 Å².